The Balaban J connectivity index is 0.000000177. The molecule has 4 heterocycles. The average Bonchev–Trinajstić information content (AvgIpc) is 3.81. The lowest BCUT2D eigenvalue weighted by atomic mass is 9.87. The highest BCUT2D eigenvalue weighted by Gasteiger charge is 2.36. The van der Waals surface area contributed by atoms with Crippen molar-refractivity contribution in [2.24, 2.45) is 0 Å². The first-order chi connectivity index (χ1) is 24.2. The maximum Gasteiger partial charge on any atom is 0.451 e. The predicted octanol–water partition coefficient (Wildman–Crippen LogP) is 10.0. The Labute approximate surface area is 300 Å². The third-order valence-electron chi connectivity index (χ3n) is 7.54. The van der Waals surface area contributed by atoms with Gasteiger partial charge in [-0.15, -0.1) is 9.24 Å². The Morgan fingerprint density at radius 2 is 0.885 bits per heavy atom. The van der Waals surface area contributed by atoms with E-state index < -0.39 is 24.0 Å². The van der Waals surface area contributed by atoms with Gasteiger partial charge in [0.15, 0.2) is 11.6 Å². The van der Waals surface area contributed by atoms with Gasteiger partial charge >= 0.3 is 12.4 Å². The molecule has 0 fully saturated rings. The highest BCUT2D eigenvalue weighted by Crippen LogP contribution is 2.31. The predicted molar refractivity (Wildman–Crippen MR) is 191 cm³/mol. The van der Waals surface area contributed by atoms with E-state index >= 15 is 0 Å². The summed E-state index contributed by atoms with van der Waals surface area (Å²) >= 11 is 0. The molecule has 0 aliphatic rings. The summed E-state index contributed by atoms with van der Waals surface area (Å²) in [7, 11) is 2.89. The first-order valence-electron chi connectivity index (χ1n) is 16.0. The van der Waals surface area contributed by atoms with Gasteiger partial charge in [0, 0.05) is 18.1 Å². The molecule has 0 radical (unpaired) electrons. The normalized spacial score (nSPS) is 12.1. The Bertz CT molecular complexity index is 1870. The number of H-pyrrole nitrogens is 2. The molecular formula is C37H39F6N8P. The molecule has 0 saturated heterocycles. The lowest BCUT2D eigenvalue weighted by molar-refractivity contribution is -0.145. The molecule has 8 nitrogen and oxygen atoms in total. The number of pyridine rings is 2. The summed E-state index contributed by atoms with van der Waals surface area (Å²) in [5.74, 6) is -2.35. The van der Waals surface area contributed by atoms with Gasteiger partial charge in [0.25, 0.3) is 0 Å². The van der Waals surface area contributed by atoms with Crippen molar-refractivity contribution in [1.82, 2.24) is 40.3 Å². The van der Waals surface area contributed by atoms with Crippen molar-refractivity contribution in [3.8, 4) is 23.0 Å². The van der Waals surface area contributed by atoms with E-state index in [-0.39, 0.29) is 22.5 Å². The smallest absolute Gasteiger partial charge is 0.255 e. The zero-order valence-electron chi connectivity index (χ0n) is 29.3. The SMILES string of the molecule is CC(C)(C)c1ccnc(-c2n[nH]c(C(F)(F)F)n2)c1.CC(C)(C)c1ccnc(-c2n[nH]c(C(F)(F)F)n2)c1.PC(c1ccccc1)c1ccccc1. The van der Waals surface area contributed by atoms with Crippen LogP contribution >= 0.6 is 9.24 Å². The molecule has 0 saturated carbocycles. The van der Waals surface area contributed by atoms with Crippen molar-refractivity contribution in [2.75, 3.05) is 0 Å². The van der Waals surface area contributed by atoms with Crippen LogP contribution in [0.4, 0.5) is 26.3 Å². The summed E-state index contributed by atoms with van der Waals surface area (Å²) < 4.78 is 74.6. The van der Waals surface area contributed by atoms with Gasteiger partial charge in [-0.1, -0.05) is 102 Å². The second-order valence-electron chi connectivity index (χ2n) is 13.7. The second-order valence-corrected chi connectivity index (χ2v) is 14.3. The van der Waals surface area contributed by atoms with Crippen molar-refractivity contribution in [3.05, 3.63) is 131 Å². The van der Waals surface area contributed by atoms with Gasteiger partial charge < -0.3 is 0 Å². The molecule has 52 heavy (non-hydrogen) atoms. The maximum absolute atomic E-state index is 12.4. The minimum absolute atomic E-state index is 0.0570. The number of aromatic nitrogens is 8. The number of benzene rings is 2. The van der Waals surface area contributed by atoms with Gasteiger partial charge in [-0.25, -0.2) is 9.97 Å². The average molecular weight is 741 g/mol. The van der Waals surface area contributed by atoms with Crippen LogP contribution in [-0.2, 0) is 23.2 Å². The molecule has 6 rings (SSSR count). The molecular weight excluding hydrogens is 701 g/mol. The van der Waals surface area contributed by atoms with E-state index in [0.29, 0.717) is 17.0 Å². The Kier molecular flexibility index (Phi) is 12.4. The van der Waals surface area contributed by atoms with Crippen LogP contribution in [-0.4, -0.2) is 40.3 Å². The number of alkyl halides is 6. The molecule has 2 aromatic carbocycles. The number of hydrogen-bond acceptors (Lipinski definition) is 6. The fraction of sp³-hybridized carbons (Fsp3) is 0.297. The molecule has 6 aromatic rings. The van der Waals surface area contributed by atoms with Gasteiger partial charge in [-0.2, -0.15) is 36.5 Å². The van der Waals surface area contributed by atoms with Gasteiger partial charge in [0.05, 0.1) is 0 Å². The van der Waals surface area contributed by atoms with Crippen LogP contribution in [0.5, 0.6) is 0 Å². The topological polar surface area (TPSA) is 109 Å². The summed E-state index contributed by atoms with van der Waals surface area (Å²) in [5, 5.41) is 10.9. The Morgan fingerprint density at radius 1 is 0.538 bits per heavy atom. The highest BCUT2D eigenvalue weighted by atomic mass is 31.0. The van der Waals surface area contributed by atoms with Crippen molar-refractivity contribution in [1.29, 1.82) is 0 Å². The van der Waals surface area contributed by atoms with E-state index in [9.17, 15) is 26.3 Å². The van der Waals surface area contributed by atoms with Crippen LogP contribution in [0.15, 0.2) is 97.3 Å². The molecule has 0 bridgehead atoms. The van der Waals surface area contributed by atoms with Crippen molar-refractivity contribution >= 4 is 9.24 Å². The molecule has 1 atom stereocenters. The van der Waals surface area contributed by atoms with Gasteiger partial charge in [-0.05, 0) is 57.3 Å². The monoisotopic (exact) mass is 740 g/mol. The van der Waals surface area contributed by atoms with Crippen LogP contribution in [0.2, 0.25) is 0 Å². The minimum Gasteiger partial charge on any atom is -0.255 e. The third kappa shape index (κ3) is 11.0. The Hall–Kier alpha value is -4.97. The molecule has 0 spiro atoms. The van der Waals surface area contributed by atoms with Crippen molar-refractivity contribution in [3.63, 3.8) is 0 Å². The lowest BCUT2D eigenvalue weighted by Crippen LogP contribution is -2.11. The standard InChI is InChI=1S/C13H13P.2C12H13F3N4/c14-13(11-7-3-1-4-8-11)12-9-5-2-6-10-12;2*1-11(2,3)7-4-5-16-8(6-7)9-17-10(19-18-9)12(13,14)15/h1-10,13H,14H2;2*4-6H,1-3H3,(H,17,18,19). The maximum atomic E-state index is 12.4. The molecule has 15 heteroatoms. The zero-order valence-corrected chi connectivity index (χ0v) is 30.5. The third-order valence-corrected chi connectivity index (χ3v) is 8.31. The van der Waals surface area contributed by atoms with Gasteiger partial charge in [0.2, 0.25) is 11.6 Å². The van der Waals surface area contributed by atoms with E-state index in [1.165, 1.54) is 11.1 Å². The second kappa shape index (κ2) is 16.1. The van der Waals surface area contributed by atoms with Gasteiger partial charge in [0.1, 0.15) is 11.4 Å². The number of nitrogens with zero attached hydrogens (tertiary/aromatic N) is 6. The summed E-state index contributed by atoms with van der Waals surface area (Å²) in [6, 6.07) is 28.1. The number of nitrogens with one attached hydrogen (secondary N) is 2. The number of halogens is 6. The van der Waals surface area contributed by atoms with Crippen LogP contribution < -0.4 is 0 Å². The zero-order chi connectivity index (χ0) is 38.3. The van der Waals surface area contributed by atoms with Crippen LogP contribution in [0.1, 0.15) is 81.1 Å². The summed E-state index contributed by atoms with van der Waals surface area (Å²) in [6.45, 7) is 12.0. The quantitative estimate of drug-likeness (QED) is 0.138. The lowest BCUT2D eigenvalue weighted by Gasteiger charge is -2.18. The first-order valence-corrected chi connectivity index (χ1v) is 16.7. The molecule has 0 amide bonds. The van der Waals surface area contributed by atoms with E-state index in [4.69, 9.17) is 0 Å². The summed E-state index contributed by atoms with van der Waals surface area (Å²) in [4.78, 5) is 14.9. The van der Waals surface area contributed by atoms with E-state index in [2.05, 4.69) is 87.9 Å². The largest absolute Gasteiger partial charge is 0.451 e. The molecule has 0 aliphatic carbocycles. The molecule has 4 aromatic heterocycles. The number of rotatable bonds is 4. The number of hydrogen-bond donors (Lipinski definition) is 2. The molecule has 274 valence electrons. The minimum atomic E-state index is -4.53. The van der Waals surface area contributed by atoms with E-state index in [1.54, 1.807) is 24.5 Å². The van der Waals surface area contributed by atoms with E-state index in [1.807, 2.05) is 76.0 Å². The first kappa shape index (κ1) is 39.8. The van der Waals surface area contributed by atoms with E-state index in [0.717, 1.165) is 11.1 Å². The highest BCUT2D eigenvalue weighted by molar-refractivity contribution is 7.17. The van der Waals surface area contributed by atoms with Crippen LogP contribution in [0.3, 0.4) is 0 Å². The molecule has 0 aliphatic heterocycles. The fourth-order valence-corrected chi connectivity index (χ4v) is 5.00. The van der Waals surface area contributed by atoms with Crippen molar-refractivity contribution < 1.29 is 26.3 Å². The van der Waals surface area contributed by atoms with Crippen LogP contribution in [0, 0.1) is 0 Å². The summed E-state index contributed by atoms with van der Waals surface area (Å²) in [5.41, 5.74) is 5.37. The van der Waals surface area contributed by atoms with Crippen molar-refractivity contribution in [2.45, 2.75) is 70.4 Å². The fourth-order valence-electron chi connectivity index (χ4n) is 4.56. The Morgan fingerprint density at radius 3 is 1.17 bits per heavy atom. The summed E-state index contributed by atoms with van der Waals surface area (Å²) in [6.07, 6.45) is -5.99. The molecule has 1 unspecified atom stereocenters. The molecule has 2 N–H and O–H groups in total. The van der Waals surface area contributed by atoms with Crippen LogP contribution in [0.25, 0.3) is 23.0 Å². The van der Waals surface area contributed by atoms with Gasteiger partial charge in [-0.3, -0.25) is 20.2 Å². The number of aromatic amines is 2.